The van der Waals surface area contributed by atoms with Crippen LogP contribution >= 0.6 is 0 Å². The molecule has 1 rings (SSSR count). The molecule has 6 heteroatoms. The third kappa shape index (κ3) is 3.53. The number of amides is 1. The van der Waals surface area contributed by atoms with Crippen molar-refractivity contribution in [3.05, 3.63) is 39.9 Å². The first-order chi connectivity index (χ1) is 8.45. The molecule has 2 N–H and O–H groups in total. The number of benzene rings is 1. The number of nitrogens with zero attached hydrogens (tertiary/aromatic N) is 2. The van der Waals surface area contributed by atoms with Gasteiger partial charge < -0.3 is 10.6 Å². The third-order valence-corrected chi connectivity index (χ3v) is 2.87. The first kappa shape index (κ1) is 14.1. The molecule has 1 amide bonds. The van der Waals surface area contributed by atoms with Crippen LogP contribution in [0.4, 0.5) is 5.69 Å². The Bertz CT molecular complexity index is 448. The molecule has 0 aliphatic carbocycles. The van der Waals surface area contributed by atoms with Gasteiger partial charge >= 0.3 is 0 Å². The maximum atomic E-state index is 11.9. The maximum absolute atomic E-state index is 11.9. The van der Waals surface area contributed by atoms with E-state index in [9.17, 15) is 14.9 Å². The SMILES string of the molecule is CC(CN)N(C)C(=O)Cc1cccc([N+](=O)[O-])c1. The Labute approximate surface area is 106 Å². The number of carbonyl (C=O) groups excluding carboxylic acids is 1. The van der Waals surface area contributed by atoms with Gasteiger partial charge in [0.15, 0.2) is 0 Å². The van der Waals surface area contributed by atoms with Crippen LogP contribution in [0, 0.1) is 10.1 Å². The number of nitro groups is 1. The molecule has 0 radical (unpaired) electrons. The number of rotatable bonds is 5. The molecular formula is C12H17N3O3. The predicted molar refractivity (Wildman–Crippen MR) is 68.1 cm³/mol. The van der Waals surface area contributed by atoms with Gasteiger partial charge in [0, 0.05) is 31.8 Å². The number of nitrogens with two attached hydrogens (primary N) is 1. The summed E-state index contributed by atoms with van der Waals surface area (Å²) in [7, 11) is 1.68. The second-order valence-electron chi connectivity index (χ2n) is 4.19. The number of carbonyl (C=O) groups is 1. The van der Waals surface area contributed by atoms with Crippen molar-refractivity contribution in [2.75, 3.05) is 13.6 Å². The molecule has 1 atom stereocenters. The number of hydrogen-bond acceptors (Lipinski definition) is 4. The predicted octanol–water partition coefficient (Wildman–Crippen LogP) is 0.943. The Morgan fingerprint density at radius 1 is 1.56 bits per heavy atom. The highest BCUT2D eigenvalue weighted by Crippen LogP contribution is 2.14. The highest BCUT2D eigenvalue weighted by atomic mass is 16.6. The molecule has 0 aliphatic rings. The molecule has 0 bridgehead atoms. The maximum Gasteiger partial charge on any atom is 0.269 e. The van der Waals surface area contributed by atoms with Gasteiger partial charge in [-0.15, -0.1) is 0 Å². The third-order valence-electron chi connectivity index (χ3n) is 2.87. The summed E-state index contributed by atoms with van der Waals surface area (Å²) in [6.07, 6.45) is 0.141. The summed E-state index contributed by atoms with van der Waals surface area (Å²) in [5.41, 5.74) is 6.11. The summed E-state index contributed by atoms with van der Waals surface area (Å²) >= 11 is 0. The van der Waals surface area contributed by atoms with E-state index in [-0.39, 0.29) is 24.1 Å². The Morgan fingerprint density at radius 2 is 2.22 bits per heavy atom. The second kappa shape index (κ2) is 6.11. The van der Waals surface area contributed by atoms with Crippen LogP contribution in [0.15, 0.2) is 24.3 Å². The van der Waals surface area contributed by atoms with E-state index in [4.69, 9.17) is 5.73 Å². The zero-order chi connectivity index (χ0) is 13.7. The lowest BCUT2D eigenvalue weighted by molar-refractivity contribution is -0.384. The van der Waals surface area contributed by atoms with Gasteiger partial charge in [-0.2, -0.15) is 0 Å². The minimum absolute atomic E-state index is 0.00479. The molecule has 1 aromatic carbocycles. The van der Waals surface area contributed by atoms with Crippen molar-refractivity contribution in [2.24, 2.45) is 5.73 Å². The van der Waals surface area contributed by atoms with Gasteiger partial charge in [0.2, 0.25) is 5.91 Å². The number of likely N-dealkylation sites (N-methyl/N-ethyl adjacent to an activating group) is 1. The average molecular weight is 251 g/mol. The lowest BCUT2D eigenvalue weighted by Crippen LogP contribution is -2.40. The van der Waals surface area contributed by atoms with E-state index in [2.05, 4.69) is 0 Å². The van der Waals surface area contributed by atoms with Crippen LogP contribution in [-0.2, 0) is 11.2 Å². The van der Waals surface area contributed by atoms with Gasteiger partial charge in [0.05, 0.1) is 11.3 Å². The molecule has 0 aromatic heterocycles. The lowest BCUT2D eigenvalue weighted by Gasteiger charge is -2.23. The van der Waals surface area contributed by atoms with Crippen molar-refractivity contribution in [1.82, 2.24) is 4.90 Å². The monoisotopic (exact) mass is 251 g/mol. The van der Waals surface area contributed by atoms with Gasteiger partial charge in [0.1, 0.15) is 0 Å². The fourth-order valence-corrected chi connectivity index (χ4v) is 1.48. The van der Waals surface area contributed by atoms with Crippen LogP contribution in [0.5, 0.6) is 0 Å². The van der Waals surface area contributed by atoms with Crippen LogP contribution in [-0.4, -0.2) is 35.4 Å². The van der Waals surface area contributed by atoms with Crippen molar-refractivity contribution in [2.45, 2.75) is 19.4 Å². The van der Waals surface area contributed by atoms with E-state index in [1.807, 2.05) is 6.92 Å². The fraction of sp³-hybridized carbons (Fsp3) is 0.417. The number of non-ortho nitro benzene ring substituents is 1. The van der Waals surface area contributed by atoms with E-state index >= 15 is 0 Å². The van der Waals surface area contributed by atoms with E-state index in [1.54, 1.807) is 24.1 Å². The zero-order valence-corrected chi connectivity index (χ0v) is 10.5. The first-order valence-corrected chi connectivity index (χ1v) is 5.64. The van der Waals surface area contributed by atoms with Crippen molar-refractivity contribution < 1.29 is 9.72 Å². The van der Waals surface area contributed by atoms with Crippen LogP contribution in [0.25, 0.3) is 0 Å². The van der Waals surface area contributed by atoms with Gasteiger partial charge in [-0.1, -0.05) is 12.1 Å². The summed E-state index contributed by atoms with van der Waals surface area (Å²) in [6.45, 7) is 2.24. The summed E-state index contributed by atoms with van der Waals surface area (Å²) in [4.78, 5) is 23.6. The molecule has 1 aromatic rings. The normalized spacial score (nSPS) is 11.9. The van der Waals surface area contributed by atoms with Crippen LogP contribution < -0.4 is 5.73 Å². The molecule has 98 valence electrons. The highest BCUT2D eigenvalue weighted by Gasteiger charge is 2.15. The highest BCUT2D eigenvalue weighted by molar-refractivity contribution is 5.79. The van der Waals surface area contributed by atoms with Gasteiger partial charge in [-0.25, -0.2) is 0 Å². The summed E-state index contributed by atoms with van der Waals surface area (Å²) < 4.78 is 0. The summed E-state index contributed by atoms with van der Waals surface area (Å²) in [5, 5.41) is 10.6. The number of nitro benzene ring substituents is 1. The Kier molecular flexibility index (Phi) is 4.79. The molecule has 6 nitrogen and oxygen atoms in total. The van der Waals surface area contributed by atoms with Crippen molar-refractivity contribution in [3.63, 3.8) is 0 Å². The summed E-state index contributed by atoms with van der Waals surface area (Å²) in [5.74, 6) is -0.103. The lowest BCUT2D eigenvalue weighted by atomic mass is 10.1. The molecule has 0 aliphatic heterocycles. The number of hydrogen-bond donors (Lipinski definition) is 1. The van der Waals surface area contributed by atoms with Crippen LogP contribution in [0.3, 0.4) is 0 Å². The average Bonchev–Trinajstić information content (AvgIpc) is 2.37. The van der Waals surface area contributed by atoms with Gasteiger partial charge in [-0.3, -0.25) is 14.9 Å². The topological polar surface area (TPSA) is 89.5 Å². The van der Waals surface area contributed by atoms with Crippen LogP contribution in [0.2, 0.25) is 0 Å². The molecule has 0 spiro atoms. The molecule has 0 heterocycles. The molecule has 0 saturated carbocycles. The smallest absolute Gasteiger partial charge is 0.269 e. The molecule has 0 fully saturated rings. The van der Waals surface area contributed by atoms with Gasteiger partial charge in [0.25, 0.3) is 5.69 Å². The van der Waals surface area contributed by atoms with Crippen molar-refractivity contribution >= 4 is 11.6 Å². The quantitative estimate of drug-likeness (QED) is 0.623. The Hall–Kier alpha value is -1.95. The zero-order valence-electron chi connectivity index (χ0n) is 10.5. The second-order valence-corrected chi connectivity index (χ2v) is 4.19. The van der Waals surface area contributed by atoms with Gasteiger partial charge in [-0.05, 0) is 12.5 Å². The minimum atomic E-state index is -0.472. The Balaban J connectivity index is 2.76. The van der Waals surface area contributed by atoms with Crippen LogP contribution in [0.1, 0.15) is 12.5 Å². The molecule has 18 heavy (non-hydrogen) atoms. The summed E-state index contributed by atoms with van der Waals surface area (Å²) in [6, 6.07) is 6.05. The molecule has 0 saturated heterocycles. The Morgan fingerprint density at radius 3 is 2.78 bits per heavy atom. The van der Waals surface area contributed by atoms with E-state index < -0.39 is 4.92 Å². The van der Waals surface area contributed by atoms with Crippen molar-refractivity contribution in [1.29, 1.82) is 0 Å². The van der Waals surface area contributed by atoms with E-state index in [0.29, 0.717) is 12.1 Å². The molecular weight excluding hydrogens is 234 g/mol. The van der Waals surface area contributed by atoms with Crippen molar-refractivity contribution in [3.8, 4) is 0 Å². The largest absolute Gasteiger partial charge is 0.341 e. The molecule has 1 unspecified atom stereocenters. The standard InChI is InChI=1S/C12H17N3O3/c1-9(8-13)14(2)12(16)7-10-4-3-5-11(6-10)15(17)18/h3-6,9H,7-8,13H2,1-2H3. The minimum Gasteiger partial charge on any atom is -0.341 e. The first-order valence-electron chi connectivity index (χ1n) is 5.64. The van der Waals surface area contributed by atoms with E-state index in [0.717, 1.165) is 0 Å². The van der Waals surface area contributed by atoms with E-state index in [1.165, 1.54) is 12.1 Å². The fourth-order valence-electron chi connectivity index (χ4n) is 1.48.